The van der Waals surface area contributed by atoms with Crippen LogP contribution in [0.2, 0.25) is 15.1 Å². The van der Waals surface area contributed by atoms with Crippen molar-refractivity contribution >= 4 is 58.0 Å². The van der Waals surface area contributed by atoms with Crippen LogP contribution in [0.3, 0.4) is 0 Å². The molecule has 0 bridgehead atoms. The van der Waals surface area contributed by atoms with E-state index < -0.39 is 0 Å². The molecule has 0 unspecified atom stereocenters. The number of carbonyl (C=O) groups is 2. The number of hydrogen-bond acceptors (Lipinski definition) is 3. The molecule has 1 aliphatic heterocycles. The predicted molar refractivity (Wildman–Crippen MR) is 130 cm³/mol. The molecule has 4 rings (SSSR count). The average Bonchev–Trinajstić information content (AvgIpc) is 2.79. The van der Waals surface area contributed by atoms with Crippen molar-refractivity contribution in [3.63, 3.8) is 0 Å². The Morgan fingerprint density at radius 3 is 2.16 bits per heavy atom. The molecule has 2 amide bonds. The van der Waals surface area contributed by atoms with E-state index in [1.165, 1.54) is 6.07 Å². The van der Waals surface area contributed by atoms with E-state index in [9.17, 15) is 9.59 Å². The SMILES string of the molecule is O=C(Nc1ccc(N2CCN(C(=O)c3ccccc3)CC2)c(Cl)c1)c1ccc(Cl)cc1Cl. The molecule has 0 spiro atoms. The highest BCUT2D eigenvalue weighted by atomic mass is 35.5. The molecule has 0 saturated carbocycles. The standard InChI is InChI=1S/C24H20Cl3N3O2/c25-17-6-8-19(20(26)14-17)23(31)28-18-7-9-22(21(27)15-18)29-10-12-30(13-11-29)24(32)16-4-2-1-3-5-16/h1-9,14-15H,10-13H2,(H,28,31). The van der Waals surface area contributed by atoms with Crippen LogP contribution >= 0.6 is 34.8 Å². The topological polar surface area (TPSA) is 52.7 Å². The summed E-state index contributed by atoms with van der Waals surface area (Å²) in [4.78, 5) is 29.2. The maximum Gasteiger partial charge on any atom is 0.257 e. The zero-order valence-corrected chi connectivity index (χ0v) is 19.3. The summed E-state index contributed by atoms with van der Waals surface area (Å²) in [5, 5.41) is 4.07. The number of anilines is 2. The van der Waals surface area contributed by atoms with Crippen LogP contribution in [0.4, 0.5) is 11.4 Å². The van der Waals surface area contributed by atoms with Crippen molar-refractivity contribution in [1.29, 1.82) is 0 Å². The normalized spacial score (nSPS) is 13.7. The molecule has 0 aliphatic carbocycles. The zero-order valence-electron chi connectivity index (χ0n) is 17.0. The van der Waals surface area contributed by atoms with Crippen molar-refractivity contribution in [3.8, 4) is 0 Å². The second-order valence-corrected chi connectivity index (χ2v) is 8.64. The van der Waals surface area contributed by atoms with Gasteiger partial charge in [-0.1, -0.05) is 53.0 Å². The largest absolute Gasteiger partial charge is 0.367 e. The lowest BCUT2D eigenvalue weighted by atomic mass is 10.1. The van der Waals surface area contributed by atoms with Gasteiger partial charge in [-0.05, 0) is 48.5 Å². The number of hydrogen-bond donors (Lipinski definition) is 1. The molecule has 1 heterocycles. The molecule has 1 fully saturated rings. The predicted octanol–water partition coefficient (Wildman–Crippen LogP) is 5.86. The van der Waals surface area contributed by atoms with Crippen molar-refractivity contribution in [2.45, 2.75) is 0 Å². The molecule has 3 aromatic rings. The van der Waals surface area contributed by atoms with Crippen LogP contribution in [-0.4, -0.2) is 42.9 Å². The van der Waals surface area contributed by atoms with Crippen LogP contribution in [0.1, 0.15) is 20.7 Å². The Morgan fingerprint density at radius 2 is 1.50 bits per heavy atom. The molecule has 1 saturated heterocycles. The summed E-state index contributed by atoms with van der Waals surface area (Å²) in [6.45, 7) is 2.56. The van der Waals surface area contributed by atoms with Gasteiger partial charge in [0.05, 0.1) is 21.3 Å². The quantitative estimate of drug-likeness (QED) is 0.500. The number of piperazine rings is 1. The number of halogens is 3. The Balaban J connectivity index is 1.39. The molecule has 164 valence electrons. The summed E-state index contributed by atoms with van der Waals surface area (Å²) >= 11 is 18.5. The van der Waals surface area contributed by atoms with Crippen LogP contribution in [0.5, 0.6) is 0 Å². The molecule has 5 nitrogen and oxygen atoms in total. The number of carbonyl (C=O) groups excluding carboxylic acids is 2. The van der Waals surface area contributed by atoms with Gasteiger partial charge in [0.15, 0.2) is 0 Å². The zero-order chi connectivity index (χ0) is 22.7. The van der Waals surface area contributed by atoms with E-state index in [1.54, 1.807) is 24.3 Å². The van der Waals surface area contributed by atoms with Crippen molar-refractivity contribution in [3.05, 3.63) is 92.9 Å². The van der Waals surface area contributed by atoms with Gasteiger partial charge in [0, 0.05) is 42.5 Å². The molecule has 3 aromatic carbocycles. The number of nitrogens with zero attached hydrogens (tertiary/aromatic N) is 2. The van der Waals surface area contributed by atoms with Gasteiger partial charge in [-0.3, -0.25) is 9.59 Å². The monoisotopic (exact) mass is 487 g/mol. The van der Waals surface area contributed by atoms with E-state index in [0.29, 0.717) is 53.0 Å². The van der Waals surface area contributed by atoms with Gasteiger partial charge >= 0.3 is 0 Å². The molecule has 0 atom stereocenters. The summed E-state index contributed by atoms with van der Waals surface area (Å²) in [6.07, 6.45) is 0. The molecular formula is C24H20Cl3N3O2. The van der Waals surface area contributed by atoms with Crippen molar-refractivity contribution < 1.29 is 9.59 Å². The number of nitrogens with one attached hydrogen (secondary N) is 1. The third-order valence-electron chi connectivity index (χ3n) is 5.31. The summed E-state index contributed by atoms with van der Waals surface area (Å²) in [7, 11) is 0. The van der Waals surface area contributed by atoms with E-state index in [-0.39, 0.29) is 16.8 Å². The molecule has 1 N–H and O–H groups in total. The Kier molecular flexibility index (Phi) is 6.89. The minimum Gasteiger partial charge on any atom is -0.367 e. The second-order valence-electron chi connectivity index (χ2n) is 7.39. The summed E-state index contributed by atoms with van der Waals surface area (Å²) in [5.41, 5.74) is 2.45. The maximum absolute atomic E-state index is 12.6. The van der Waals surface area contributed by atoms with Gasteiger partial charge in [-0.15, -0.1) is 0 Å². The highest BCUT2D eigenvalue weighted by Crippen LogP contribution is 2.30. The summed E-state index contributed by atoms with van der Waals surface area (Å²) in [5.74, 6) is -0.307. The molecule has 0 aromatic heterocycles. The van der Waals surface area contributed by atoms with E-state index in [2.05, 4.69) is 10.2 Å². The first kappa shape index (κ1) is 22.5. The van der Waals surface area contributed by atoms with Crippen LogP contribution in [-0.2, 0) is 0 Å². The van der Waals surface area contributed by atoms with E-state index in [1.807, 2.05) is 41.3 Å². The Hall–Kier alpha value is -2.73. The molecule has 8 heteroatoms. The van der Waals surface area contributed by atoms with Crippen molar-refractivity contribution in [2.75, 3.05) is 36.4 Å². The second kappa shape index (κ2) is 9.82. The van der Waals surface area contributed by atoms with Crippen LogP contribution in [0.15, 0.2) is 66.7 Å². The fourth-order valence-electron chi connectivity index (χ4n) is 3.63. The lowest BCUT2D eigenvalue weighted by molar-refractivity contribution is 0.0746. The van der Waals surface area contributed by atoms with Crippen LogP contribution < -0.4 is 10.2 Å². The van der Waals surface area contributed by atoms with Gasteiger partial charge in [0.2, 0.25) is 0 Å². The summed E-state index contributed by atoms with van der Waals surface area (Å²) in [6, 6.07) is 19.4. The lowest BCUT2D eigenvalue weighted by Gasteiger charge is -2.36. The number of amides is 2. The lowest BCUT2D eigenvalue weighted by Crippen LogP contribution is -2.48. The van der Waals surface area contributed by atoms with E-state index in [4.69, 9.17) is 34.8 Å². The van der Waals surface area contributed by atoms with Crippen LogP contribution in [0, 0.1) is 0 Å². The van der Waals surface area contributed by atoms with Gasteiger partial charge in [-0.2, -0.15) is 0 Å². The first-order valence-electron chi connectivity index (χ1n) is 10.1. The highest BCUT2D eigenvalue weighted by molar-refractivity contribution is 6.37. The first-order valence-corrected chi connectivity index (χ1v) is 11.2. The average molecular weight is 489 g/mol. The fourth-order valence-corrected chi connectivity index (χ4v) is 4.42. The van der Waals surface area contributed by atoms with E-state index in [0.717, 1.165) is 5.69 Å². The van der Waals surface area contributed by atoms with E-state index >= 15 is 0 Å². The Morgan fingerprint density at radius 1 is 0.781 bits per heavy atom. The van der Waals surface area contributed by atoms with Gasteiger partial charge in [0.1, 0.15) is 0 Å². The number of rotatable bonds is 4. The van der Waals surface area contributed by atoms with Gasteiger partial charge < -0.3 is 15.1 Å². The minimum absolute atomic E-state index is 0.0373. The van der Waals surface area contributed by atoms with Crippen LogP contribution in [0.25, 0.3) is 0 Å². The molecule has 0 radical (unpaired) electrons. The molecule has 32 heavy (non-hydrogen) atoms. The third kappa shape index (κ3) is 5.01. The Bertz CT molecular complexity index is 1150. The van der Waals surface area contributed by atoms with Gasteiger partial charge in [-0.25, -0.2) is 0 Å². The Labute approximate surface area is 201 Å². The summed E-state index contributed by atoms with van der Waals surface area (Å²) < 4.78 is 0. The number of benzene rings is 3. The molecular weight excluding hydrogens is 469 g/mol. The smallest absolute Gasteiger partial charge is 0.257 e. The van der Waals surface area contributed by atoms with Crippen molar-refractivity contribution in [1.82, 2.24) is 4.90 Å². The van der Waals surface area contributed by atoms with Crippen molar-refractivity contribution in [2.24, 2.45) is 0 Å². The first-order chi connectivity index (χ1) is 15.4. The molecule has 1 aliphatic rings. The third-order valence-corrected chi connectivity index (χ3v) is 6.16. The highest BCUT2D eigenvalue weighted by Gasteiger charge is 2.23. The maximum atomic E-state index is 12.6. The fraction of sp³-hybridized carbons (Fsp3) is 0.167. The minimum atomic E-state index is -0.344. The van der Waals surface area contributed by atoms with Gasteiger partial charge in [0.25, 0.3) is 11.8 Å².